The van der Waals surface area contributed by atoms with Gasteiger partial charge in [0.1, 0.15) is 11.3 Å². The number of aliphatic hydroxyl groups excluding tert-OH is 1. The Hall–Kier alpha value is -3.12. The van der Waals surface area contributed by atoms with E-state index >= 15 is 0 Å². The van der Waals surface area contributed by atoms with Crippen LogP contribution in [0.1, 0.15) is 29.7 Å². The highest BCUT2D eigenvalue weighted by Crippen LogP contribution is 2.28. The van der Waals surface area contributed by atoms with Gasteiger partial charge in [0, 0.05) is 23.6 Å². The van der Waals surface area contributed by atoms with E-state index in [2.05, 4.69) is 5.32 Å². The van der Waals surface area contributed by atoms with Crippen LogP contribution in [0, 0.1) is 6.92 Å². The minimum atomic E-state index is -0.783. The number of benzene rings is 2. The Labute approximate surface area is 162 Å². The fourth-order valence-corrected chi connectivity index (χ4v) is 3.05. The van der Waals surface area contributed by atoms with Gasteiger partial charge in [-0.2, -0.15) is 0 Å². The summed E-state index contributed by atoms with van der Waals surface area (Å²) in [7, 11) is 0. The number of amides is 1. The first kappa shape index (κ1) is 19.6. The zero-order valence-corrected chi connectivity index (χ0v) is 15.9. The van der Waals surface area contributed by atoms with Gasteiger partial charge >= 0.3 is 5.63 Å². The van der Waals surface area contributed by atoms with Gasteiger partial charge in [0.25, 0.3) is 5.91 Å². The fourth-order valence-electron chi connectivity index (χ4n) is 3.05. The van der Waals surface area contributed by atoms with Gasteiger partial charge in [-0.25, -0.2) is 4.79 Å². The number of carbonyl (C=O) groups is 1. The molecule has 2 N–H and O–H groups in total. The van der Waals surface area contributed by atoms with Crippen LogP contribution < -0.4 is 15.7 Å². The molecule has 0 unspecified atom stereocenters. The highest BCUT2D eigenvalue weighted by molar-refractivity contribution is 5.85. The van der Waals surface area contributed by atoms with E-state index in [1.807, 2.05) is 31.2 Å². The van der Waals surface area contributed by atoms with Crippen molar-refractivity contribution in [2.24, 2.45) is 0 Å². The molecule has 6 nitrogen and oxygen atoms in total. The first-order valence-corrected chi connectivity index (χ1v) is 9.18. The van der Waals surface area contributed by atoms with E-state index in [0.29, 0.717) is 23.3 Å². The molecule has 0 aliphatic rings. The van der Waals surface area contributed by atoms with Crippen LogP contribution in [-0.4, -0.2) is 24.2 Å². The van der Waals surface area contributed by atoms with Crippen LogP contribution in [0.5, 0.6) is 5.75 Å². The SMILES string of the molecule is CCc1cc(=O)oc2c(C)c(OCC(=O)NC[C@H](O)c3ccccc3)ccc12. The molecule has 0 saturated carbocycles. The Morgan fingerprint density at radius 1 is 1.21 bits per heavy atom. The number of aliphatic hydroxyl groups is 1. The number of hydrogen-bond donors (Lipinski definition) is 2. The Balaban J connectivity index is 1.64. The Morgan fingerprint density at radius 2 is 1.96 bits per heavy atom. The number of fused-ring (bicyclic) bond motifs is 1. The number of carbonyl (C=O) groups excluding carboxylic acids is 1. The highest BCUT2D eigenvalue weighted by atomic mass is 16.5. The number of hydrogen-bond acceptors (Lipinski definition) is 5. The third kappa shape index (κ3) is 4.40. The molecule has 2 aromatic carbocycles. The molecule has 0 bridgehead atoms. The lowest BCUT2D eigenvalue weighted by molar-refractivity contribution is -0.123. The second-order valence-electron chi connectivity index (χ2n) is 6.53. The third-order valence-corrected chi connectivity index (χ3v) is 4.61. The second-order valence-corrected chi connectivity index (χ2v) is 6.53. The molecule has 3 rings (SSSR count). The van der Waals surface area contributed by atoms with Gasteiger partial charge in [-0.3, -0.25) is 4.79 Å². The quantitative estimate of drug-likeness (QED) is 0.615. The van der Waals surface area contributed by atoms with Crippen molar-refractivity contribution in [1.82, 2.24) is 5.32 Å². The van der Waals surface area contributed by atoms with Crippen molar-refractivity contribution in [2.75, 3.05) is 13.2 Å². The summed E-state index contributed by atoms with van der Waals surface area (Å²) in [6, 6.07) is 14.2. The van der Waals surface area contributed by atoms with Crippen molar-refractivity contribution in [3.8, 4) is 5.75 Å². The number of ether oxygens (including phenoxy) is 1. The summed E-state index contributed by atoms with van der Waals surface area (Å²) in [4.78, 5) is 23.8. The lowest BCUT2D eigenvalue weighted by Crippen LogP contribution is -2.32. The summed E-state index contributed by atoms with van der Waals surface area (Å²) < 4.78 is 10.9. The van der Waals surface area contributed by atoms with E-state index in [-0.39, 0.29) is 19.1 Å². The molecule has 28 heavy (non-hydrogen) atoms. The third-order valence-electron chi connectivity index (χ3n) is 4.61. The van der Waals surface area contributed by atoms with E-state index in [9.17, 15) is 14.7 Å². The summed E-state index contributed by atoms with van der Waals surface area (Å²) in [6.45, 7) is 3.66. The van der Waals surface area contributed by atoms with Crippen molar-refractivity contribution in [3.63, 3.8) is 0 Å². The van der Waals surface area contributed by atoms with Crippen LogP contribution in [-0.2, 0) is 11.2 Å². The van der Waals surface area contributed by atoms with Crippen LogP contribution in [0.25, 0.3) is 11.0 Å². The monoisotopic (exact) mass is 381 g/mol. The van der Waals surface area contributed by atoms with Gasteiger partial charge < -0.3 is 19.6 Å². The predicted molar refractivity (Wildman–Crippen MR) is 107 cm³/mol. The lowest BCUT2D eigenvalue weighted by Gasteiger charge is -2.14. The minimum absolute atomic E-state index is 0.0949. The van der Waals surface area contributed by atoms with E-state index < -0.39 is 11.7 Å². The molecule has 0 aliphatic carbocycles. The summed E-state index contributed by atoms with van der Waals surface area (Å²) in [5, 5.41) is 13.6. The maximum Gasteiger partial charge on any atom is 0.336 e. The fraction of sp³-hybridized carbons (Fsp3) is 0.273. The predicted octanol–water partition coefficient (Wildman–Crippen LogP) is 2.89. The van der Waals surface area contributed by atoms with Crippen LogP contribution in [0.15, 0.2) is 57.7 Å². The minimum Gasteiger partial charge on any atom is -0.483 e. The number of rotatable bonds is 7. The molecule has 6 heteroatoms. The molecule has 0 spiro atoms. The van der Waals surface area contributed by atoms with Gasteiger partial charge in [0.15, 0.2) is 6.61 Å². The largest absolute Gasteiger partial charge is 0.483 e. The first-order chi connectivity index (χ1) is 13.5. The number of aryl methyl sites for hydroxylation is 2. The zero-order chi connectivity index (χ0) is 20.1. The second kappa shape index (κ2) is 8.71. The summed E-state index contributed by atoms with van der Waals surface area (Å²) in [6.07, 6.45) is -0.0669. The molecule has 0 saturated heterocycles. The molecule has 0 radical (unpaired) electrons. The van der Waals surface area contributed by atoms with Crippen LogP contribution in [0.4, 0.5) is 0 Å². The summed E-state index contributed by atoms with van der Waals surface area (Å²) >= 11 is 0. The molecule has 1 amide bonds. The van der Waals surface area contributed by atoms with Gasteiger partial charge in [0.2, 0.25) is 0 Å². The molecule has 146 valence electrons. The Bertz CT molecular complexity index is 1030. The summed E-state index contributed by atoms with van der Waals surface area (Å²) in [5.41, 5.74) is 2.38. The zero-order valence-electron chi connectivity index (χ0n) is 15.9. The standard InChI is InChI=1S/C22H23NO5/c1-3-15-11-21(26)28-22-14(2)19(10-9-17(15)22)27-13-20(25)23-12-18(24)16-7-5-4-6-8-16/h4-11,18,24H,3,12-13H2,1-2H3,(H,23,25)/t18-/m0/s1. The number of nitrogens with one attached hydrogen (secondary N) is 1. The van der Waals surface area contributed by atoms with Crippen LogP contribution >= 0.6 is 0 Å². The molecule has 1 aromatic heterocycles. The smallest absolute Gasteiger partial charge is 0.336 e. The molecular weight excluding hydrogens is 358 g/mol. The van der Waals surface area contributed by atoms with Crippen molar-refractivity contribution in [1.29, 1.82) is 0 Å². The average molecular weight is 381 g/mol. The van der Waals surface area contributed by atoms with E-state index in [0.717, 1.165) is 16.5 Å². The maximum atomic E-state index is 12.1. The first-order valence-electron chi connectivity index (χ1n) is 9.18. The van der Waals surface area contributed by atoms with Crippen molar-refractivity contribution in [2.45, 2.75) is 26.4 Å². The van der Waals surface area contributed by atoms with Gasteiger partial charge in [0.05, 0.1) is 6.10 Å². The molecule has 0 fully saturated rings. The van der Waals surface area contributed by atoms with E-state index in [1.54, 1.807) is 25.1 Å². The van der Waals surface area contributed by atoms with Crippen molar-refractivity contribution in [3.05, 3.63) is 75.6 Å². The van der Waals surface area contributed by atoms with Crippen molar-refractivity contribution >= 4 is 16.9 Å². The van der Waals surface area contributed by atoms with Crippen LogP contribution in [0.2, 0.25) is 0 Å². The van der Waals surface area contributed by atoms with Gasteiger partial charge in [-0.1, -0.05) is 37.3 Å². The van der Waals surface area contributed by atoms with E-state index in [4.69, 9.17) is 9.15 Å². The van der Waals surface area contributed by atoms with Gasteiger partial charge in [-0.05, 0) is 36.6 Å². The molecule has 1 heterocycles. The highest BCUT2D eigenvalue weighted by Gasteiger charge is 2.13. The van der Waals surface area contributed by atoms with Gasteiger partial charge in [-0.15, -0.1) is 0 Å². The van der Waals surface area contributed by atoms with E-state index in [1.165, 1.54) is 6.07 Å². The Kier molecular flexibility index (Phi) is 6.11. The molecule has 1 atom stereocenters. The maximum absolute atomic E-state index is 12.1. The Morgan fingerprint density at radius 3 is 2.68 bits per heavy atom. The lowest BCUT2D eigenvalue weighted by atomic mass is 10.0. The van der Waals surface area contributed by atoms with Crippen molar-refractivity contribution < 1.29 is 19.1 Å². The summed E-state index contributed by atoms with van der Waals surface area (Å²) in [5.74, 6) is 0.126. The molecular formula is C22H23NO5. The average Bonchev–Trinajstić information content (AvgIpc) is 2.72. The molecule has 3 aromatic rings. The normalized spacial score (nSPS) is 12.0. The van der Waals surface area contributed by atoms with Crippen LogP contribution in [0.3, 0.4) is 0 Å². The topological polar surface area (TPSA) is 88.8 Å². The molecule has 0 aliphatic heterocycles.